The van der Waals surface area contributed by atoms with E-state index in [0.29, 0.717) is 5.02 Å². The normalized spacial score (nSPS) is 16.6. The molecular weight excluding hydrogens is 342 g/mol. The minimum absolute atomic E-state index is 0.115. The van der Waals surface area contributed by atoms with Crippen molar-refractivity contribution in [2.45, 2.75) is 19.4 Å². The Labute approximate surface area is 158 Å². The lowest BCUT2D eigenvalue weighted by atomic mass is 9.96. The number of hydrogen-bond acceptors (Lipinski definition) is 3. The lowest BCUT2D eigenvalue weighted by molar-refractivity contribution is 0.709. The van der Waals surface area contributed by atoms with Crippen LogP contribution in [0.5, 0.6) is 0 Å². The smallest absolute Gasteiger partial charge is 0.0831 e. The number of hydrogen-bond donors (Lipinski definition) is 1. The van der Waals surface area contributed by atoms with E-state index in [1.807, 2.05) is 36.4 Å². The third kappa shape index (κ3) is 3.18. The molecule has 1 aliphatic heterocycles. The van der Waals surface area contributed by atoms with Crippen LogP contribution in [-0.2, 0) is 0 Å². The molecule has 3 nitrogen and oxygen atoms in total. The monoisotopic (exact) mass is 361 g/mol. The van der Waals surface area contributed by atoms with E-state index in [1.165, 1.54) is 16.7 Å². The average molecular weight is 362 g/mol. The topological polar surface area (TPSA) is 41.6 Å². The number of aryl methyl sites for hydroxylation is 1. The van der Waals surface area contributed by atoms with Crippen LogP contribution in [0.2, 0.25) is 5.02 Å². The number of anilines is 2. The van der Waals surface area contributed by atoms with E-state index in [9.17, 15) is 0 Å². The molecule has 1 heterocycles. The maximum Gasteiger partial charge on any atom is 0.0831 e. The van der Waals surface area contributed by atoms with Crippen LogP contribution in [0.15, 0.2) is 77.9 Å². The van der Waals surface area contributed by atoms with Crippen LogP contribution in [0.25, 0.3) is 0 Å². The number of nitrogens with zero attached hydrogens (tertiary/aromatic N) is 2. The molecule has 130 valence electrons. The number of benzene rings is 3. The highest BCUT2D eigenvalue weighted by Gasteiger charge is 2.30. The van der Waals surface area contributed by atoms with Gasteiger partial charge < -0.3 is 5.73 Å². The zero-order valence-electron chi connectivity index (χ0n) is 14.6. The molecule has 3 aromatic carbocycles. The molecule has 0 bridgehead atoms. The predicted octanol–water partition coefficient (Wildman–Crippen LogP) is 5.59. The summed E-state index contributed by atoms with van der Waals surface area (Å²) in [6.07, 6.45) is 0.835. The molecule has 4 rings (SSSR count). The van der Waals surface area contributed by atoms with Gasteiger partial charge in [0.15, 0.2) is 0 Å². The SMILES string of the molecule is Cc1ccccc1C1=NN(c2cccc(Cl)c2)C(c2ccc(N)cc2)C1. The van der Waals surface area contributed by atoms with Crippen molar-refractivity contribution in [1.29, 1.82) is 0 Å². The number of nitrogen functional groups attached to an aromatic ring is 1. The number of nitrogens with two attached hydrogens (primary N) is 1. The minimum Gasteiger partial charge on any atom is -0.399 e. The van der Waals surface area contributed by atoms with Gasteiger partial charge in [-0.3, -0.25) is 5.01 Å². The Hall–Kier alpha value is -2.78. The third-order valence-electron chi connectivity index (χ3n) is 4.76. The molecule has 0 saturated carbocycles. The molecule has 0 fully saturated rings. The fourth-order valence-electron chi connectivity index (χ4n) is 3.40. The van der Waals surface area contributed by atoms with Crippen molar-refractivity contribution in [2.24, 2.45) is 5.10 Å². The van der Waals surface area contributed by atoms with Gasteiger partial charge in [0.05, 0.1) is 17.4 Å². The Morgan fingerprint density at radius 2 is 1.77 bits per heavy atom. The summed E-state index contributed by atoms with van der Waals surface area (Å²) in [6, 6.07) is 24.4. The van der Waals surface area contributed by atoms with Crippen LogP contribution in [0.1, 0.15) is 29.2 Å². The molecule has 1 aliphatic rings. The van der Waals surface area contributed by atoms with Crippen molar-refractivity contribution in [3.05, 3.63) is 94.5 Å². The first kappa shape index (κ1) is 16.7. The number of hydrazone groups is 1. The maximum absolute atomic E-state index is 6.22. The Balaban J connectivity index is 1.78. The summed E-state index contributed by atoms with van der Waals surface area (Å²) < 4.78 is 0. The van der Waals surface area contributed by atoms with Gasteiger partial charge in [0.2, 0.25) is 0 Å². The van der Waals surface area contributed by atoms with Gasteiger partial charge in [-0.1, -0.05) is 54.1 Å². The molecule has 0 amide bonds. The van der Waals surface area contributed by atoms with Gasteiger partial charge >= 0.3 is 0 Å². The highest BCUT2D eigenvalue weighted by Crippen LogP contribution is 2.38. The van der Waals surface area contributed by atoms with Gasteiger partial charge in [-0.25, -0.2) is 0 Å². The minimum atomic E-state index is 0.115. The first-order chi connectivity index (χ1) is 12.6. The van der Waals surface area contributed by atoms with Crippen LogP contribution in [-0.4, -0.2) is 5.71 Å². The predicted molar refractivity (Wildman–Crippen MR) is 110 cm³/mol. The van der Waals surface area contributed by atoms with Crippen molar-refractivity contribution < 1.29 is 0 Å². The lowest BCUT2D eigenvalue weighted by Gasteiger charge is -2.24. The molecule has 0 aliphatic carbocycles. The molecule has 0 spiro atoms. The molecule has 0 saturated heterocycles. The molecule has 1 unspecified atom stereocenters. The van der Waals surface area contributed by atoms with E-state index in [4.69, 9.17) is 22.4 Å². The van der Waals surface area contributed by atoms with E-state index in [0.717, 1.165) is 23.5 Å². The molecule has 4 heteroatoms. The van der Waals surface area contributed by atoms with Crippen LogP contribution in [0, 0.1) is 6.92 Å². The lowest BCUT2D eigenvalue weighted by Crippen LogP contribution is -2.18. The summed E-state index contributed by atoms with van der Waals surface area (Å²) >= 11 is 6.22. The molecule has 0 aromatic heterocycles. The van der Waals surface area contributed by atoms with E-state index in [-0.39, 0.29) is 6.04 Å². The van der Waals surface area contributed by atoms with Gasteiger partial charge in [-0.2, -0.15) is 5.10 Å². The van der Waals surface area contributed by atoms with Gasteiger partial charge in [0.25, 0.3) is 0 Å². The molecule has 26 heavy (non-hydrogen) atoms. The fourth-order valence-corrected chi connectivity index (χ4v) is 3.59. The zero-order chi connectivity index (χ0) is 18.1. The average Bonchev–Trinajstić information content (AvgIpc) is 3.08. The standard InChI is InChI=1S/C22H20ClN3/c1-15-5-2-3-8-20(15)21-14-22(16-9-11-18(24)12-10-16)26(25-21)19-7-4-6-17(23)13-19/h2-13,22H,14,24H2,1H3. The molecule has 3 aromatic rings. The van der Waals surface area contributed by atoms with Gasteiger partial charge in [0.1, 0.15) is 0 Å². The summed E-state index contributed by atoms with van der Waals surface area (Å²) in [5.41, 5.74) is 12.3. The van der Waals surface area contributed by atoms with Gasteiger partial charge in [-0.05, 0) is 48.4 Å². The Morgan fingerprint density at radius 1 is 1.00 bits per heavy atom. The van der Waals surface area contributed by atoms with E-state index in [2.05, 4.69) is 48.3 Å². The highest BCUT2D eigenvalue weighted by molar-refractivity contribution is 6.30. The summed E-state index contributed by atoms with van der Waals surface area (Å²) in [6.45, 7) is 2.12. The second-order valence-corrected chi connectivity index (χ2v) is 7.01. The Morgan fingerprint density at radius 3 is 2.50 bits per heavy atom. The van der Waals surface area contributed by atoms with Crippen molar-refractivity contribution in [2.75, 3.05) is 10.7 Å². The fraction of sp³-hybridized carbons (Fsp3) is 0.136. The Bertz CT molecular complexity index is 963. The molecule has 1 atom stereocenters. The number of rotatable bonds is 3. The van der Waals surface area contributed by atoms with E-state index < -0.39 is 0 Å². The first-order valence-corrected chi connectivity index (χ1v) is 9.03. The van der Waals surface area contributed by atoms with Crippen molar-refractivity contribution in [3.63, 3.8) is 0 Å². The van der Waals surface area contributed by atoms with Crippen molar-refractivity contribution >= 4 is 28.7 Å². The molecular formula is C22H20ClN3. The summed E-state index contributed by atoms with van der Waals surface area (Å²) in [7, 11) is 0. The summed E-state index contributed by atoms with van der Waals surface area (Å²) in [4.78, 5) is 0. The second kappa shape index (κ2) is 6.85. The zero-order valence-corrected chi connectivity index (χ0v) is 15.3. The number of halogens is 1. The van der Waals surface area contributed by atoms with E-state index >= 15 is 0 Å². The quantitative estimate of drug-likeness (QED) is 0.618. The van der Waals surface area contributed by atoms with Crippen LogP contribution in [0.4, 0.5) is 11.4 Å². The first-order valence-electron chi connectivity index (χ1n) is 8.65. The highest BCUT2D eigenvalue weighted by atomic mass is 35.5. The van der Waals surface area contributed by atoms with E-state index in [1.54, 1.807) is 0 Å². The van der Waals surface area contributed by atoms with Crippen molar-refractivity contribution in [1.82, 2.24) is 0 Å². The summed E-state index contributed by atoms with van der Waals surface area (Å²) in [5.74, 6) is 0. The summed E-state index contributed by atoms with van der Waals surface area (Å²) in [5, 5.41) is 7.75. The van der Waals surface area contributed by atoms with Crippen LogP contribution in [0.3, 0.4) is 0 Å². The molecule has 2 N–H and O–H groups in total. The van der Waals surface area contributed by atoms with Gasteiger partial charge in [-0.15, -0.1) is 0 Å². The van der Waals surface area contributed by atoms with Crippen molar-refractivity contribution in [3.8, 4) is 0 Å². The largest absolute Gasteiger partial charge is 0.399 e. The second-order valence-electron chi connectivity index (χ2n) is 6.57. The third-order valence-corrected chi connectivity index (χ3v) is 5.00. The maximum atomic E-state index is 6.22. The van der Waals surface area contributed by atoms with Crippen LogP contribution >= 0.6 is 11.6 Å². The van der Waals surface area contributed by atoms with Gasteiger partial charge in [0, 0.05) is 22.7 Å². The Kier molecular flexibility index (Phi) is 4.39. The van der Waals surface area contributed by atoms with Crippen LogP contribution < -0.4 is 10.7 Å². The molecule has 0 radical (unpaired) electrons.